The van der Waals surface area contributed by atoms with Crippen molar-refractivity contribution in [2.75, 3.05) is 163 Å². The minimum absolute atomic E-state index is 0.0709. The Bertz CT molecular complexity index is 1950. The molecule has 0 aliphatic carbocycles. The third-order valence-electron chi connectivity index (χ3n) is 10.4. The van der Waals surface area contributed by atoms with E-state index >= 15 is 0 Å². The van der Waals surface area contributed by atoms with Gasteiger partial charge in [-0.2, -0.15) is 0 Å². The summed E-state index contributed by atoms with van der Waals surface area (Å²) >= 11 is 0. The highest BCUT2D eigenvalue weighted by atomic mass is 16.4. The average molecular weight is 984 g/mol. The molecule has 0 atom stereocenters. The summed E-state index contributed by atoms with van der Waals surface area (Å²) in [5, 5.41) is 8.73. The number of nitrogens with zero attached hydrogens (tertiary/aromatic N) is 12. The van der Waals surface area contributed by atoms with E-state index in [1.54, 1.807) is 0 Å². The zero-order chi connectivity index (χ0) is 53.6. The Kier molecular flexibility index (Phi) is 26.2. The van der Waals surface area contributed by atoms with Gasteiger partial charge in [-0.1, -0.05) is 0 Å². The zero-order valence-electron chi connectivity index (χ0n) is 41.7. The first-order chi connectivity index (χ1) is 31.8. The molecule has 0 saturated carbocycles. The van der Waals surface area contributed by atoms with Crippen molar-refractivity contribution in [3.8, 4) is 0 Å². The van der Waals surface area contributed by atoms with Crippen LogP contribution in [0.3, 0.4) is 0 Å². The van der Waals surface area contributed by atoms with Crippen molar-refractivity contribution >= 4 is 82.8 Å². The Balaban J connectivity index is 4.92. The van der Waals surface area contributed by atoms with Crippen LogP contribution >= 0.6 is 0 Å². The quantitative estimate of drug-likeness (QED) is 0.0736. The minimum Gasteiger partial charge on any atom is -0.481 e. The molecule has 69 heavy (non-hydrogen) atoms. The molecular formula is C41H69N13O15. The van der Waals surface area contributed by atoms with Gasteiger partial charge in [0, 0.05) is 97.4 Å². The summed E-state index contributed by atoms with van der Waals surface area (Å²) in [6.45, 7) is -5.27. The molecule has 13 amide bonds. The van der Waals surface area contributed by atoms with E-state index < -0.39 is 142 Å². The Morgan fingerprint density at radius 1 is 0.261 bits per heavy atom. The van der Waals surface area contributed by atoms with Gasteiger partial charge >= 0.3 is 5.97 Å². The molecule has 0 radical (unpaired) electrons. The lowest BCUT2D eigenvalue weighted by Gasteiger charge is -2.27. The van der Waals surface area contributed by atoms with Crippen LogP contribution in [-0.2, 0) is 67.1 Å². The van der Waals surface area contributed by atoms with E-state index in [2.05, 4.69) is 0 Å². The van der Waals surface area contributed by atoms with Crippen LogP contribution in [0.1, 0.15) is 19.3 Å². The first-order valence-corrected chi connectivity index (χ1v) is 21.2. The summed E-state index contributed by atoms with van der Waals surface area (Å²) in [5.74, 6) is -9.11. The molecule has 0 heterocycles. The number of rotatable bonds is 28. The first kappa shape index (κ1) is 61.6. The summed E-state index contributed by atoms with van der Waals surface area (Å²) in [7, 11) is 15.8. The topological polar surface area (TPSA) is 324 Å². The van der Waals surface area contributed by atoms with E-state index in [-0.39, 0.29) is 38.9 Å². The molecular weight excluding hydrogens is 915 g/mol. The molecule has 3 N–H and O–H groups in total. The van der Waals surface area contributed by atoms with Crippen LogP contribution in [0.4, 0.5) is 0 Å². The monoisotopic (exact) mass is 984 g/mol. The number of likely N-dealkylation sites (N-methyl/N-ethyl adjacent to an activating group) is 12. The Labute approximate surface area is 401 Å². The first-order valence-electron chi connectivity index (χ1n) is 21.2. The largest absolute Gasteiger partial charge is 0.481 e. The number of carboxylic acids is 1. The molecule has 388 valence electrons. The maximum atomic E-state index is 12.9. The van der Waals surface area contributed by atoms with Crippen LogP contribution in [0.2, 0.25) is 0 Å². The Morgan fingerprint density at radius 2 is 0.406 bits per heavy atom. The van der Waals surface area contributed by atoms with Crippen molar-refractivity contribution in [3.05, 3.63) is 0 Å². The van der Waals surface area contributed by atoms with Crippen LogP contribution in [0.15, 0.2) is 0 Å². The summed E-state index contributed by atoms with van der Waals surface area (Å²) < 4.78 is 0. The summed E-state index contributed by atoms with van der Waals surface area (Å²) in [4.78, 5) is 187. The van der Waals surface area contributed by atoms with E-state index in [9.17, 15) is 67.1 Å². The van der Waals surface area contributed by atoms with Gasteiger partial charge in [0.25, 0.3) is 0 Å². The van der Waals surface area contributed by atoms with Crippen LogP contribution < -0.4 is 5.73 Å². The molecule has 0 aliphatic heterocycles. The number of hydrogen-bond acceptors (Lipinski definition) is 14. The molecule has 0 saturated heterocycles. The fourth-order valence-electron chi connectivity index (χ4n) is 5.43. The molecule has 0 aromatic heterocycles. The van der Waals surface area contributed by atoms with Crippen molar-refractivity contribution in [2.24, 2.45) is 5.73 Å². The summed E-state index contributed by atoms with van der Waals surface area (Å²) in [6.07, 6.45) is -0.168. The van der Waals surface area contributed by atoms with Crippen molar-refractivity contribution in [1.29, 1.82) is 0 Å². The molecule has 0 aromatic rings. The number of carboxylic acid groups (broad SMARTS) is 1. The van der Waals surface area contributed by atoms with Crippen LogP contribution in [0, 0.1) is 0 Å². The Hall–Kier alpha value is -7.42. The maximum absolute atomic E-state index is 12.9. The molecule has 0 spiro atoms. The van der Waals surface area contributed by atoms with E-state index in [0.717, 1.165) is 58.8 Å². The maximum Gasteiger partial charge on any atom is 0.303 e. The van der Waals surface area contributed by atoms with E-state index in [1.165, 1.54) is 84.6 Å². The lowest BCUT2D eigenvalue weighted by atomic mass is 10.2. The van der Waals surface area contributed by atoms with Gasteiger partial charge in [0.2, 0.25) is 76.8 Å². The third-order valence-corrected chi connectivity index (χ3v) is 10.4. The van der Waals surface area contributed by atoms with Crippen molar-refractivity contribution < 1.29 is 72.2 Å². The van der Waals surface area contributed by atoms with Crippen molar-refractivity contribution in [3.63, 3.8) is 0 Å². The van der Waals surface area contributed by atoms with Gasteiger partial charge in [0.05, 0.1) is 78.5 Å². The standard InChI is InChI=1S/C41H69N13O15/c1-43(16-28(42)55)30(57)18-45(3)32(59)20-47(5)34(61)22-49(7)36(63)24-51(9)38(65)26-53(11)40(67)27-54(12)39(66)25-52(10)37(64)23-50(8)35(62)21-48(6)33(60)19-46(4)31(58)17-44(2)29(56)14-13-15-41(68)69/h13-27H2,1-12H3,(H2,42,55)(H,68,69). The van der Waals surface area contributed by atoms with E-state index in [1.807, 2.05) is 0 Å². The number of amides is 13. The van der Waals surface area contributed by atoms with Gasteiger partial charge in [0.1, 0.15) is 0 Å². The number of carbonyl (C=O) groups excluding carboxylic acids is 13. The number of nitrogens with two attached hydrogens (primary N) is 1. The number of primary amides is 1. The van der Waals surface area contributed by atoms with Gasteiger partial charge in [-0.15, -0.1) is 0 Å². The van der Waals surface area contributed by atoms with Crippen LogP contribution in [-0.4, -0.2) is 310 Å². The average Bonchev–Trinajstić information content (AvgIpc) is 3.24. The number of hydrogen-bond donors (Lipinski definition) is 2. The second-order valence-corrected chi connectivity index (χ2v) is 16.7. The smallest absolute Gasteiger partial charge is 0.303 e. The summed E-state index contributed by atoms with van der Waals surface area (Å²) in [6, 6.07) is 0. The predicted molar refractivity (Wildman–Crippen MR) is 242 cm³/mol. The lowest BCUT2D eigenvalue weighted by Crippen LogP contribution is -2.49. The fraction of sp³-hybridized carbons (Fsp3) is 0.659. The van der Waals surface area contributed by atoms with E-state index in [0.29, 0.717) is 0 Å². The van der Waals surface area contributed by atoms with Crippen molar-refractivity contribution in [1.82, 2.24) is 58.8 Å². The molecule has 0 bridgehead atoms. The molecule has 0 aromatic carbocycles. The fourth-order valence-corrected chi connectivity index (χ4v) is 5.43. The molecule has 0 fully saturated rings. The predicted octanol–water partition coefficient (Wildman–Crippen LogP) is -6.77. The van der Waals surface area contributed by atoms with Gasteiger partial charge in [-0.05, 0) is 6.42 Å². The van der Waals surface area contributed by atoms with E-state index in [4.69, 9.17) is 10.8 Å². The zero-order valence-corrected chi connectivity index (χ0v) is 41.7. The highest BCUT2D eigenvalue weighted by Crippen LogP contribution is 2.03. The molecule has 28 nitrogen and oxygen atoms in total. The van der Waals surface area contributed by atoms with Gasteiger partial charge in [-0.25, -0.2) is 0 Å². The summed E-state index contributed by atoms with van der Waals surface area (Å²) in [5.41, 5.74) is 5.08. The molecule has 0 unspecified atom stereocenters. The molecule has 0 aliphatic rings. The van der Waals surface area contributed by atoms with Gasteiger partial charge in [-0.3, -0.25) is 67.1 Å². The normalized spacial score (nSPS) is 10.4. The second-order valence-electron chi connectivity index (χ2n) is 16.7. The number of aliphatic carboxylic acids is 1. The molecule has 0 rings (SSSR count). The SMILES string of the molecule is CN(CC(N)=O)C(=O)CN(C)C(=O)CN(C)C(=O)CN(C)C(=O)CN(C)C(=O)CN(C)C(=O)CN(C)C(=O)CN(C)C(=O)CN(C)C(=O)CN(C)C(=O)CN(C)C(=O)CN(C)C(=O)CCCC(=O)O. The Morgan fingerprint density at radius 3 is 0.551 bits per heavy atom. The van der Waals surface area contributed by atoms with Gasteiger partial charge < -0.3 is 69.6 Å². The molecule has 28 heteroatoms. The van der Waals surface area contributed by atoms with Gasteiger partial charge in [0.15, 0.2) is 0 Å². The highest BCUT2D eigenvalue weighted by Gasteiger charge is 2.27. The lowest BCUT2D eigenvalue weighted by molar-refractivity contribution is -0.146. The second kappa shape index (κ2) is 29.4. The number of carbonyl (C=O) groups is 14. The van der Waals surface area contributed by atoms with Crippen LogP contribution in [0.25, 0.3) is 0 Å². The highest BCUT2D eigenvalue weighted by molar-refractivity contribution is 5.94. The third kappa shape index (κ3) is 23.2. The van der Waals surface area contributed by atoms with Crippen LogP contribution in [0.5, 0.6) is 0 Å². The minimum atomic E-state index is -1.05. The van der Waals surface area contributed by atoms with Crippen molar-refractivity contribution in [2.45, 2.75) is 19.3 Å².